The van der Waals surface area contributed by atoms with E-state index < -0.39 is 0 Å². The van der Waals surface area contributed by atoms with Crippen LogP contribution in [0.25, 0.3) is 0 Å². The molecule has 1 N–H and O–H groups in total. The first-order chi connectivity index (χ1) is 4.84. The van der Waals surface area contributed by atoms with Gasteiger partial charge in [0.15, 0.2) is 0 Å². The number of hydrogen-bond donors (Lipinski definition) is 1. The van der Waals surface area contributed by atoms with Crippen LogP contribution in [0.4, 0.5) is 0 Å². The summed E-state index contributed by atoms with van der Waals surface area (Å²) in [7, 11) is 0. The van der Waals surface area contributed by atoms with Crippen molar-refractivity contribution in [3.8, 4) is 0 Å². The lowest BCUT2D eigenvalue weighted by atomic mass is 10.1. The van der Waals surface area contributed by atoms with Gasteiger partial charge in [-0.3, -0.25) is 0 Å². The van der Waals surface area contributed by atoms with Crippen LogP contribution in [0.2, 0.25) is 0 Å². The van der Waals surface area contributed by atoms with Crippen LogP contribution in [0, 0.1) is 23.7 Å². The van der Waals surface area contributed by atoms with Crippen LogP contribution >= 0.6 is 0 Å². The lowest BCUT2D eigenvalue weighted by Crippen LogP contribution is -2.09. The largest absolute Gasteiger partial charge is 0.393 e. The van der Waals surface area contributed by atoms with Gasteiger partial charge in [0.2, 0.25) is 0 Å². The van der Waals surface area contributed by atoms with Crippen LogP contribution in [-0.2, 0) is 0 Å². The second-order valence-corrected chi connectivity index (χ2v) is 4.45. The Morgan fingerprint density at radius 3 is 2.40 bits per heavy atom. The Bertz CT molecular complexity index is 164. The van der Waals surface area contributed by atoms with Crippen molar-refractivity contribution in [3.05, 3.63) is 0 Å². The molecule has 3 rings (SSSR count). The van der Waals surface area contributed by atoms with E-state index in [0.717, 1.165) is 30.1 Å². The molecular formula is C9H14O. The molecule has 3 fully saturated rings. The first kappa shape index (κ1) is 5.59. The highest BCUT2D eigenvalue weighted by Gasteiger charge is 2.53. The Morgan fingerprint density at radius 1 is 0.800 bits per heavy atom. The van der Waals surface area contributed by atoms with E-state index in [1.807, 2.05) is 0 Å². The van der Waals surface area contributed by atoms with E-state index in [1.165, 1.54) is 19.3 Å². The smallest absolute Gasteiger partial charge is 0.0573 e. The van der Waals surface area contributed by atoms with Crippen LogP contribution in [0.1, 0.15) is 25.7 Å². The molecule has 1 heteroatoms. The topological polar surface area (TPSA) is 20.2 Å². The quantitative estimate of drug-likeness (QED) is 0.536. The van der Waals surface area contributed by atoms with Crippen molar-refractivity contribution in [2.24, 2.45) is 23.7 Å². The van der Waals surface area contributed by atoms with E-state index in [1.54, 1.807) is 0 Å². The van der Waals surface area contributed by atoms with Gasteiger partial charge >= 0.3 is 0 Å². The lowest BCUT2D eigenvalue weighted by molar-refractivity contribution is 0.133. The van der Waals surface area contributed by atoms with E-state index in [4.69, 9.17) is 0 Å². The maximum atomic E-state index is 9.60. The van der Waals surface area contributed by atoms with Crippen LogP contribution in [0.3, 0.4) is 0 Å². The van der Waals surface area contributed by atoms with E-state index in [0.29, 0.717) is 0 Å². The fourth-order valence-corrected chi connectivity index (χ4v) is 2.77. The zero-order valence-electron chi connectivity index (χ0n) is 6.16. The minimum absolute atomic E-state index is 0.0856. The molecule has 0 aromatic carbocycles. The first-order valence-electron chi connectivity index (χ1n) is 4.52. The molecule has 0 aromatic rings. The maximum absolute atomic E-state index is 9.60. The van der Waals surface area contributed by atoms with E-state index in [2.05, 4.69) is 0 Å². The Kier molecular flexibility index (Phi) is 0.883. The molecule has 0 saturated heterocycles. The number of fused-ring (bicyclic) bond motifs is 2. The highest BCUT2D eigenvalue weighted by Crippen LogP contribution is 2.59. The molecule has 3 aliphatic carbocycles. The molecule has 10 heavy (non-hydrogen) atoms. The summed E-state index contributed by atoms with van der Waals surface area (Å²) in [5.41, 5.74) is 0. The second-order valence-electron chi connectivity index (χ2n) is 4.45. The minimum atomic E-state index is 0.0856. The zero-order chi connectivity index (χ0) is 6.72. The van der Waals surface area contributed by atoms with Crippen LogP contribution in [0.5, 0.6) is 0 Å². The molecule has 0 spiro atoms. The van der Waals surface area contributed by atoms with Crippen LogP contribution in [-0.4, -0.2) is 11.2 Å². The van der Waals surface area contributed by atoms with Gasteiger partial charge in [-0.25, -0.2) is 0 Å². The lowest BCUT2D eigenvalue weighted by Gasteiger charge is -2.05. The second kappa shape index (κ2) is 1.58. The highest BCUT2D eigenvalue weighted by molar-refractivity contribution is 5.03. The molecule has 0 radical (unpaired) electrons. The molecule has 56 valence electrons. The normalized spacial score (nSPS) is 63.9. The monoisotopic (exact) mass is 138 g/mol. The van der Waals surface area contributed by atoms with Crippen molar-refractivity contribution < 1.29 is 5.11 Å². The SMILES string of the molecule is O[C@H]1C[C@@H]2C[C@@H]2C[C@H]2C[C@H]21. The number of aliphatic hydroxyl groups is 1. The highest BCUT2D eigenvalue weighted by atomic mass is 16.3. The molecule has 1 nitrogen and oxygen atoms in total. The number of hydrogen-bond acceptors (Lipinski definition) is 1. The molecule has 5 atom stereocenters. The van der Waals surface area contributed by atoms with Crippen molar-refractivity contribution in [1.29, 1.82) is 0 Å². The predicted octanol–water partition coefficient (Wildman–Crippen LogP) is 1.41. The summed E-state index contributed by atoms with van der Waals surface area (Å²) >= 11 is 0. The van der Waals surface area contributed by atoms with Crippen LogP contribution < -0.4 is 0 Å². The van der Waals surface area contributed by atoms with Gasteiger partial charge in [-0.15, -0.1) is 0 Å². The summed E-state index contributed by atoms with van der Waals surface area (Å²) in [6.45, 7) is 0. The molecule has 3 aliphatic rings. The van der Waals surface area contributed by atoms with Gasteiger partial charge < -0.3 is 5.11 Å². The molecular weight excluding hydrogens is 124 g/mol. The van der Waals surface area contributed by atoms with Gasteiger partial charge in [0.1, 0.15) is 0 Å². The first-order valence-corrected chi connectivity index (χ1v) is 4.52. The molecule has 3 saturated carbocycles. The molecule has 0 aliphatic heterocycles. The molecule has 0 amide bonds. The third-order valence-corrected chi connectivity index (χ3v) is 3.69. The molecule has 0 heterocycles. The van der Waals surface area contributed by atoms with Gasteiger partial charge in [-0.2, -0.15) is 0 Å². The van der Waals surface area contributed by atoms with E-state index in [-0.39, 0.29) is 6.10 Å². The Morgan fingerprint density at radius 2 is 1.50 bits per heavy atom. The summed E-state index contributed by atoms with van der Waals surface area (Å²) in [5, 5.41) is 9.60. The summed E-state index contributed by atoms with van der Waals surface area (Å²) in [6.07, 6.45) is 5.44. The third kappa shape index (κ3) is 0.672. The van der Waals surface area contributed by atoms with Crippen molar-refractivity contribution >= 4 is 0 Å². The summed E-state index contributed by atoms with van der Waals surface area (Å²) < 4.78 is 0. The Hall–Kier alpha value is -0.0400. The van der Waals surface area contributed by atoms with Crippen molar-refractivity contribution in [1.82, 2.24) is 0 Å². The van der Waals surface area contributed by atoms with Gasteiger partial charge in [-0.05, 0) is 49.4 Å². The average Bonchev–Trinajstić information content (AvgIpc) is 2.66. The predicted molar refractivity (Wildman–Crippen MR) is 38.4 cm³/mol. The standard InChI is InChI=1S/C9H14O/c10-9-4-6-1-5(6)2-7-3-8(7)9/h5-10H,1-4H2/t5-,6+,7+,8-,9+/m1/s1. The molecule has 0 unspecified atom stereocenters. The fraction of sp³-hybridized carbons (Fsp3) is 1.00. The van der Waals surface area contributed by atoms with Gasteiger partial charge in [-0.1, -0.05) is 0 Å². The summed E-state index contributed by atoms with van der Waals surface area (Å²) in [5.74, 6) is 3.63. The van der Waals surface area contributed by atoms with Crippen molar-refractivity contribution in [2.45, 2.75) is 31.8 Å². The third-order valence-electron chi connectivity index (χ3n) is 3.69. The van der Waals surface area contributed by atoms with Crippen molar-refractivity contribution in [3.63, 3.8) is 0 Å². The minimum Gasteiger partial charge on any atom is -0.393 e. The zero-order valence-corrected chi connectivity index (χ0v) is 6.16. The summed E-state index contributed by atoms with van der Waals surface area (Å²) in [6, 6.07) is 0. The van der Waals surface area contributed by atoms with Gasteiger partial charge in [0.25, 0.3) is 0 Å². The van der Waals surface area contributed by atoms with E-state index in [9.17, 15) is 5.11 Å². The number of aliphatic hydroxyl groups excluding tert-OH is 1. The Balaban J connectivity index is 1.79. The van der Waals surface area contributed by atoms with E-state index >= 15 is 0 Å². The average molecular weight is 138 g/mol. The summed E-state index contributed by atoms with van der Waals surface area (Å²) in [4.78, 5) is 0. The molecule has 0 bridgehead atoms. The fourth-order valence-electron chi connectivity index (χ4n) is 2.77. The van der Waals surface area contributed by atoms with Gasteiger partial charge in [0, 0.05) is 0 Å². The Labute approximate surface area is 61.4 Å². The van der Waals surface area contributed by atoms with Crippen LogP contribution in [0.15, 0.2) is 0 Å². The number of rotatable bonds is 0. The van der Waals surface area contributed by atoms with Gasteiger partial charge in [0.05, 0.1) is 6.10 Å². The van der Waals surface area contributed by atoms with Crippen molar-refractivity contribution in [2.75, 3.05) is 0 Å². The molecule has 0 aromatic heterocycles. The maximum Gasteiger partial charge on any atom is 0.0573 e.